The van der Waals surface area contributed by atoms with Crippen molar-refractivity contribution < 1.29 is 19.5 Å². The zero-order chi connectivity index (χ0) is 18.7. The number of carboxylic acids is 1. The zero-order valence-corrected chi connectivity index (χ0v) is 16.2. The van der Waals surface area contributed by atoms with Crippen LogP contribution in [0.15, 0.2) is 58.2 Å². The molecule has 5 nitrogen and oxygen atoms in total. The van der Waals surface area contributed by atoms with Crippen LogP contribution in [0, 0.1) is 6.92 Å². The van der Waals surface area contributed by atoms with Gasteiger partial charge in [0.05, 0.1) is 12.3 Å². The van der Waals surface area contributed by atoms with Gasteiger partial charge in [-0.3, -0.25) is 0 Å². The summed E-state index contributed by atoms with van der Waals surface area (Å²) in [5, 5.41) is 13.8. The second-order valence-corrected chi connectivity index (χ2v) is 7.37. The van der Waals surface area contributed by atoms with Gasteiger partial charge >= 0.3 is 5.97 Å². The van der Waals surface area contributed by atoms with Crippen molar-refractivity contribution in [2.45, 2.75) is 38.6 Å². The molecule has 2 aromatic rings. The van der Waals surface area contributed by atoms with Crippen LogP contribution in [0.5, 0.6) is 0 Å². The van der Waals surface area contributed by atoms with Crippen LogP contribution in [0.2, 0.25) is 0 Å². The maximum absolute atomic E-state index is 12.1. The second-order valence-electron chi connectivity index (χ2n) is 6.46. The van der Waals surface area contributed by atoms with E-state index in [1.807, 2.05) is 55.5 Å². The van der Waals surface area contributed by atoms with Crippen LogP contribution in [0.3, 0.4) is 0 Å². The van der Waals surface area contributed by atoms with E-state index in [9.17, 15) is 9.90 Å². The summed E-state index contributed by atoms with van der Waals surface area (Å²) < 4.78 is 7.04. The molecule has 0 amide bonds. The van der Waals surface area contributed by atoms with Gasteiger partial charge in [0.1, 0.15) is 6.10 Å². The van der Waals surface area contributed by atoms with Gasteiger partial charge in [0.15, 0.2) is 0 Å². The molecule has 0 saturated carbocycles. The molecule has 0 fully saturated rings. The fourth-order valence-corrected chi connectivity index (χ4v) is 3.32. The van der Waals surface area contributed by atoms with Crippen molar-refractivity contribution in [3.8, 4) is 0 Å². The number of carbonyl (C=O) groups is 1. The summed E-state index contributed by atoms with van der Waals surface area (Å²) in [6.45, 7) is 4.04. The number of aryl methyl sites for hydroxylation is 1. The van der Waals surface area contributed by atoms with E-state index in [4.69, 9.17) is 9.57 Å². The Bertz CT molecular complexity index is 834. The van der Waals surface area contributed by atoms with Gasteiger partial charge in [-0.2, -0.15) is 0 Å². The highest BCUT2D eigenvalue weighted by molar-refractivity contribution is 9.10. The first-order chi connectivity index (χ1) is 12.4. The zero-order valence-electron chi connectivity index (χ0n) is 14.6. The van der Waals surface area contributed by atoms with Crippen molar-refractivity contribution in [1.29, 1.82) is 0 Å². The van der Waals surface area contributed by atoms with Gasteiger partial charge in [0.25, 0.3) is 5.60 Å². The molecule has 1 heterocycles. The number of hydrogen-bond acceptors (Lipinski definition) is 4. The number of carboxylic acid groups (broad SMARTS) is 1. The maximum atomic E-state index is 12.1. The number of oxime groups is 1. The first kappa shape index (κ1) is 18.6. The molecule has 0 aromatic heterocycles. The quantitative estimate of drug-likeness (QED) is 0.743. The Morgan fingerprint density at radius 2 is 1.96 bits per heavy atom. The number of hydrogen-bond donors (Lipinski definition) is 1. The lowest BCUT2D eigenvalue weighted by Gasteiger charge is -2.31. The molecule has 1 aliphatic rings. The van der Waals surface area contributed by atoms with Crippen LogP contribution in [-0.2, 0) is 21.0 Å². The van der Waals surface area contributed by atoms with E-state index in [2.05, 4.69) is 21.1 Å². The average Bonchev–Trinajstić information content (AvgIpc) is 3.01. The number of aliphatic carboxylic acids is 1. The van der Waals surface area contributed by atoms with Gasteiger partial charge in [0.2, 0.25) is 0 Å². The van der Waals surface area contributed by atoms with Crippen molar-refractivity contribution in [1.82, 2.24) is 0 Å². The smallest absolute Gasteiger partial charge is 0.354 e. The van der Waals surface area contributed by atoms with Gasteiger partial charge in [-0.25, -0.2) is 4.79 Å². The summed E-state index contributed by atoms with van der Waals surface area (Å²) in [4.78, 5) is 17.6. The molecule has 1 aliphatic heterocycles. The topological polar surface area (TPSA) is 68.1 Å². The molecule has 1 N–H and O–H groups in total. The molecule has 0 radical (unpaired) electrons. The molecular formula is C20H20BrNO4. The van der Waals surface area contributed by atoms with E-state index in [1.54, 1.807) is 6.92 Å². The number of rotatable bonds is 6. The molecule has 26 heavy (non-hydrogen) atoms. The summed E-state index contributed by atoms with van der Waals surface area (Å²) in [6.07, 6.45) is -0.620. The molecule has 0 saturated heterocycles. The minimum Gasteiger partial charge on any atom is -0.478 e. The van der Waals surface area contributed by atoms with Crippen LogP contribution in [0.4, 0.5) is 0 Å². The molecule has 2 atom stereocenters. The molecular weight excluding hydrogens is 398 g/mol. The Hall–Kier alpha value is -2.18. The highest BCUT2D eigenvalue weighted by atomic mass is 79.9. The van der Waals surface area contributed by atoms with Crippen LogP contribution in [0.1, 0.15) is 36.1 Å². The van der Waals surface area contributed by atoms with Gasteiger partial charge in [-0.15, -0.1) is 0 Å². The minimum absolute atomic E-state index is 0.177. The Labute approximate surface area is 160 Å². The van der Waals surface area contributed by atoms with E-state index in [1.165, 1.54) is 0 Å². The highest BCUT2D eigenvalue weighted by Crippen LogP contribution is 2.40. The highest BCUT2D eigenvalue weighted by Gasteiger charge is 2.54. The molecule has 6 heteroatoms. The first-order valence-electron chi connectivity index (χ1n) is 8.29. The van der Waals surface area contributed by atoms with Crippen molar-refractivity contribution in [2.75, 3.05) is 0 Å². The molecule has 0 bridgehead atoms. The van der Waals surface area contributed by atoms with Crippen LogP contribution >= 0.6 is 15.9 Å². The summed E-state index contributed by atoms with van der Waals surface area (Å²) >= 11 is 3.40. The normalized spacial score (nSPS) is 20.3. The van der Waals surface area contributed by atoms with Crippen molar-refractivity contribution >= 4 is 27.6 Å². The maximum Gasteiger partial charge on any atom is 0.354 e. The summed E-state index contributed by atoms with van der Waals surface area (Å²) in [7, 11) is 0. The van der Waals surface area contributed by atoms with Gasteiger partial charge in [-0.05, 0) is 42.7 Å². The number of halogens is 1. The van der Waals surface area contributed by atoms with Crippen molar-refractivity contribution in [2.24, 2.45) is 5.16 Å². The number of nitrogens with zero attached hydrogens (tertiary/aromatic N) is 1. The Kier molecular flexibility index (Phi) is 5.44. The lowest BCUT2D eigenvalue weighted by atomic mass is 9.86. The lowest BCUT2D eigenvalue weighted by molar-refractivity contribution is -0.187. The Morgan fingerprint density at radius 1 is 1.27 bits per heavy atom. The van der Waals surface area contributed by atoms with Gasteiger partial charge in [-0.1, -0.05) is 57.5 Å². The summed E-state index contributed by atoms with van der Waals surface area (Å²) in [5.41, 5.74) is 1.89. The van der Waals surface area contributed by atoms with Crippen LogP contribution < -0.4 is 0 Å². The molecule has 2 unspecified atom stereocenters. The fraction of sp³-hybridized carbons (Fsp3) is 0.300. The third-order valence-electron chi connectivity index (χ3n) is 4.51. The van der Waals surface area contributed by atoms with E-state index in [0.717, 1.165) is 21.2 Å². The fourth-order valence-electron chi connectivity index (χ4n) is 3.05. The predicted octanol–water partition coefficient (Wildman–Crippen LogP) is 4.64. The number of ether oxygens (including phenoxy) is 1. The summed E-state index contributed by atoms with van der Waals surface area (Å²) in [6, 6.07) is 15.3. The van der Waals surface area contributed by atoms with E-state index in [-0.39, 0.29) is 13.0 Å². The predicted molar refractivity (Wildman–Crippen MR) is 102 cm³/mol. The summed E-state index contributed by atoms with van der Waals surface area (Å²) in [5.74, 6) is -1.09. The minimum atomic E-state index is -1.57. The standard InChI is InChI=1S/C20H20BrNO4/c1-13-5-3-4-6-16(13)12-25-18(15-7-9-17(21)10-8-15)20(19(23)24)11-14(2)22-26-20/h3-10,18H,11-12H2,1-2H3,(H,23,24). The molecule has 0 aliphatic carbocycles. The Morgan fingerprint density at radius 3 is 2.54 bits per heavy atom. The second kappa shape index (κ2) is 7.60. The van der Waals surface area contributed by atoms with Gasteiger partial charge < -0.3 is 14.7 Å². The first-order valence-corrected chi connectivity index (χ1v) is 9.08. The molecule has 136 valence electrons. The third kappa shape index (κ3) is 3.66. The van der Waals surface area contributed by atoms with E-state index < -0.39 is 17.7 Å². The lowest BCUT2D eigenvalue weighted by Crippen LogP contribution is -2.46. The average molecular weight is 418 g/mol. The molecule has 2 aromatic carbocycles. The van der Waals surface area contributed by atoms with E-state index >= 15 is 0 Å². The third-order valence-corrected chi connectivity index (χ3v) is 5.04. The van der Waals surface area contributed by atoms with Crippen molar-refractivity contribution in [3.63, 3.8) is 0 Å². The Balaban J connectivity index is 1.95. The monoisotopic (exact) mass is 417 g/mol. The van der Waals surface area contributed by atoms with Crippen LogP contribution in [0.25, 0.3) is 0 Å². The number of benzene rings is 2. The molecule has 3 rings (SSSR count). The van der Waals surface area contributed by atoms with Gasteiger partial charge in [0, 0.05) is 10.9 Å². The van der Waals surface area contributed by atoms with E-state index in [0.29, 0.717) is 5.71 Å². The van der Waals surface area contributed by atoms with Crippen molar-refractivity contribution in [3.05, 3.63) is 69.7 Å². The molecule has 0 spiro atoms. The SMILES string of the molecule is CC1=NOC(C(=O)O)(C(OCc2ccccc2C)c2ccc(Br)cc2)C1. The van der Waals surface area contributed by atoms with Crippen LogP contribution in [-0.4, -0.2) is 22.4 Å². The largest absolute Gasteiger partial charge is 0.478 e.